The summed E-state index contributed by atoms with van der Waals surface area (Å²) in [5.74, 6) is -0.545. The standard InChI is InChI=1S/C26H26ClN3O4S/c1-18(31)30-14-13-20-16-22(11-12-25(20)30)35(33,34)29-24(15-19-7-3-2-4-8-19)26(32)28-17-21-9-5-6-10-23(21)27/h2-12,16,24,29H,13-15,17H2,1H3,(H,28,32)/t24-/m0/s1. The second-order valence-electron chi connectivity index (χ2n) is 8.38. The first-order chi connectivity index (χ1) is 16.7. The van der Waals surface area contributed by atoms with Crippen molar-refractivity contribution in [3.05, 3.63) is 94.5 Å². The van der Waals surface area contributed by atoms with Crippen LogP contribution < -0.4 is 14.9 Å². The Balaban J connectivity index is 1.55. The maximum atomic E-state index is 13.3. The molecule has 7 nitrogen and oxygen atoms in total. The third-order valence-corrected chi connectivity index (χ3v) is 7.78. The number of nitrogens with zero attached hydrogens (tertiary/aromatic N) is 1. The summed E-state index contributed by atoms with van der Waals surface area (Å²) in [7, 11) is -4.02. The molecule has 2 amide bonds. The van der Waals surface area contributed by atoms with Crippen molar-refractivity contribution < 1.29 is 18.0 Å². The highest BCUT2D eigenvalue weighted by Crippen LogP contribution is 2.30. The molecule has 3 aromatic carbocycles. The summed E-state index contributed by atoms with van der Waals surface area (Å²) in [6.45, 7) is 2.17. The summed E-state index contributed by atoms with van der Waals surface area (Å²) < 4.78 is 29.2. The van der Waals surface area contributed by atoms with Gasteiger partial charge in [-0.2, -0.15) is 4.72 Å². The average Bonchev–Trinajstić information content (AvgIpc) is 3.27. The minimum Gasteiger partial charge on any atom is -0.351 e. The first kappa shape index (κ1) is 24.9. The van der Waals surface area contributed by atoms with Crippen molar-refractivity contribution in [2.45, 2.75) is 37.2 Å². The number of amides is 2. The summed E-state index contributed by atoms with van der Waals surface area (Å²) in [5.41, 5.74) is 3.05. The summed E-state index contributed by atoms with van der Waals surface area (Å²) in [6, 6.07) is 20.0. The van der Waals surface area contributed by atoms with Gasteiger partial charge in [0.1, 0.15) is 6.04 Å². The Labute approximate surface area is 210 Å². The van der Waals surface area contributed by atoms with Gasteiger partial charge < -0.3 is 10.2 Å². The van der Waals surface area contributed by atoms with Gasteiger partial charge in [0, 0.05) is 30.7 Å². The van der Waals surface area contributed by atoms with E-state index < -0.39 is 22.0 Å². The SMILES string of the molecule is CC(=O)N1CCc2cc(S(=O)(=O)N[C@@H](Cc3ccccc3)C(=O)NCc3ccccc3Cl)ccc21. The van der Waals surface area contributed by atoms with Crippen LogP contribution in [0.2, 0.25) is 5.02 Å². The van der Waals surface area contributed by atoms with Gasteiger partial charge in [0.2, 0.25) is 21.8 Å². The Morgan fingerprint density at radius 3 is 2.46 bits per heavy atom. The molecule has 3 aromatic rings. The summed E-state index contributed by atoms with van der Waals surface area (Å²) in [5, 5.41) is 3.32. The number of carbonyl (C=O) groups excluding carboxylic acids is 2. The van der Waals surface area contributed by atoms with Gasteiger partial charge in [-0.15, -0.1) is 0 Å². The van der Waals surface area contributed by atoms with Gasteiger partial charge in [-0.25, -0.2) is 8.42 Å². The van der Waals surface area contributed by atoms with E-state index in [1.54, 1.807) is 35.2 Å². The van der Waals surface area contributed by atoms with Crippen LogP contribution >= 0.6 is 11.6 Å². The van der Waals surface area contributed by atoms with Crippen LogP contribution in [0, 0.1) is 0 Å². The predicted molar refractivity (Wildman–Crippen MR) is 136 cm³/mol. The third kappa shape index (κ3) is 5.90. The van der Waals surface area contributed by atoms with Crippen molar-refractivity contribution in [1.82, 2.24) is 10.0 Å². The summed E-state index contributed by atoms with van der Waals surface area (Å²) >= 11 is 6.19. The van der Waals surface area contributed by atoms with Crippen molar-refractivity contribution in [3.63, 3.8) is 0 Å². The minimum atomic E-state index is -4.02. The van der Waals surface area contributed by atoms with Crippen LogP contribution in [0.1, 0.15) is 23.6 Å². The predicted octanol–water partition coefficient (Wildman–Crippen LogP) is 3.46. The highest BCUT2D eigenvalue weighted by Gasteiger charge is 2.29. The van der Waals surface area contributed by atoms with Crippen LogP contribution in [-0.2, 0) is 39.0 Å². The van der Waals surface area contributed by atoms with E-state index >= 15 is 0 Å². The van der Waals surface area contributed by atoms with E-state index in [-0.39, 0.29) is 23.8 Å². The molecule has 0 aromatic heterocycles. The zero-order valence-corrected chi connectivity index (χ0v) is 20.8. The Morgan fingerprint density at radius 1 is 1.03 bits per heavy atom. The lowest BCUT2D eigenvalue weighted by molar-refractivity contribution is -0.123. The maximum absolute atomic E-state index is 13.3. The lowest BCUT2D eigenvalue weighted by Crippen LogP contribution is -2.47. The number of halogens is 1. The van der Waals surface area contributed by atoms with Crippen molar-refractivity contribution in [1.29, 1.82) is 0 Å². The first-order valence-electron chi connectivity index (χ1n) is 11.2. The van der Waals surface area contributed by atoms with Gasteiger partial charge in [-0.3, -0.25) is 9.59 Å². The van der Waals surface area contributed by atoms with E-state index in [1.807, 2.05) is 36.4 Å². The minimum absolute atomic E-state index is 0.0543. The fourth-order valence-corrected chi connectivity index (χ4v) is 5.56. The Kier molecular flexibility index (Phi) is 7.54. The molecule has 182 valence electrons. The van der Waals surface area contributed by atoms with E-state index in [0.717, 1.165) is 22.4 Å². The fraction of sp³-hybridized carbons (Fsp3) is 0.231. The van der Waals surface area contributed by atoms with Crippen LogP contribution in [-0.4, -0.2) is 32.8 Å². The van der Waals surface area contributed by atoms with E-state index in [0.29, 0.717) is 18.0 Å². The van der Waals surface area contributed by atoms with E-state index in [2.05, 4.69) is 10.0 Å². The molecule has 1 atom stereocenters. The van der Waals surface area contributed by atoms with Crippen LogP contribution in [0.5, 0.6) is 0 Å². The van der Waals surface area contributed by atoms with Gasteiger partial charge >= 0.3 is 0 Å². The molecule has 1 aliphatic heterocycles. The smallest absolute Gasteiger partial charge is 0.241 e. The number of rotatable bonds is 8. The zero-order chi connectivity index (χ0) is 25.0. The summed E-state index contributed by atoms with van der Waals surface area (Å²) in [4.78, 5) is 26.6. The number of sulfonamides is 1. The van der Waals surface area contributed by atoms with E-state index in [4.69, 9.17) is 11.6 Å². The topological polar surface area (TPSA) is 95.6 Å². The Hall–Kier alpha value is -3.20. The zero-order valence-electron chi connectivity index (χ0n) is 19.2. The Bertz CT molecular complexity index is 1350. The van der Waals surface area contributed by atoms with Crippen LogP contribution in [0.25, 0.3) is 0 Å². The number of nitrogens with one attached hydrogen (secondary N) is 2. The van der Waals surface area contributed by atoms with Gasteiger partial charge in [-0.1, -0.05) is 60.1 Å². The number of benzene rings is 3. The van der Waals surface area contributed by atoms with Crippen molar-refractivity contribution in [3.8, 4) is 0 Å². The average molecular weight is 512 g/mol. The molecule has 35 heavy (non-hydrogen) atoms. The first-order valence-corrected chi connectivity index (χ1v) is 13.1. The largest absolute Gasteiger partial charge is 0.351 e. The van der Waals surface area contributed by atoms with Crippen molar-refractivity contribution in [2.24, 2.45) is 0 Å². The Morgan fingerprint density at radius 2 is 1.74 bits per heavy atom. The molecular weight excluding hydrogens is 486 g/mol. The molecule has 0 radical (unpaired) electrons. The molecule has 0 aliphatic carbocycles. The normalized spacial score (nSPS) is 13.8. The number of anilines is 1. The van der Waals surface area contributed by atoms with Gasteiger partial charge in [-0.05, 0) is 53.8 Å². The van der Waals surface area contributed by atoms with Gasteiger partial charge in [0.15, 0.2) is 0 Å². The molecule has 0 saturated heterocycles. The van der Waals surface area contributed by atoms with E-state index in [9.17, 15) is 18.0 Å². The molecular formula is C26H26ClN3O4S. The molecule has 2 N–H and O–H groups in total. The van der Waals surface area contributed by atoms with Crippen molar-refractivity contribution >= 4 is 39.1 Å². The molecule has 0 spiro atoms. The number of carbonyl (C=O) groups is 2. The quantitative estimate of drug-likeness (QED) is 0.484. The summed E-state index contributed by atoms with van der Waals surface area (Å²) in [6.07, 6.45) is 0.752. The van der Waals surface area contributed by atoms with Gasteiger partial charge in [0.05, 0.1) is 4.90 Å². The molecule has 0 bridgehead atoms. The molecule has 1 aliphatic rings. The molecule has 0 fully saturated rings. The number of hydrogen-bond donors (Lipinski definition) is 2. The second kappa shape index (κ2) is 10.6. The molecule has 4 rings (SSSR count). The molecule has 1 heterocycles. The van der Waals surface area contributed by atoms with Gasteiger partial charge in [0.25, 0.3) is 0 Å². The number of fused-ring (bicyclic) bond motifs is 1. The van der Waals surface area contributed by atoms with Crippen LogP contribution in [0.3, 0.4) is 0 Å². The van der Waals surface area contributed by atoms with Crippen molar-refractivity contribution in [2.75, 3.05) is 11.4 Å². The van der Waals surface area contributed by atoms with E-state index in [1.165, 1.54) is 13.0 Å². The lowest BCUT2D eigenvalue weighted by Gasteiger charge is -2.20. The fourth-order valence-electron chi connectivity index (χ4n) is 4.11. The third-order valence-electron chi connectivity index (χ3n) is 5.94. The highest BCUT2D eigenvalue weighted by atomic mass is 35.5. The molecule has 9 heteroatoms. The number of hydrogen-bond acceptors (Lipinski definition) is 4. The monoisotopic (exact) mass is 511 g/mol. The molecule has 0 saturated carbocycles. The molecule has 0 unspecified atom stereocenters. The highest BCUT2D eigenvalue weighted by molar-refractivity contribution is 7.89. The maximum Gasteiger partial charge on any atom is 0.241 e. The van der Waals surface area contributed by atoms with Crippen LogP contribution in [0.15, 0.2) is 77.7 Å². The lowest BCUT2D eigenvalue weighted by atomic mass is 10.1. The van der Waals surface area contributed by atoms with Crippen LogP contribution in [0.4, 0.5) is 5.69 Å². The second-order valence-corrected chi connectivity index (χ2v) is 10.5.